The largest absolute Gasteiger partial charge is 0.465 e. The van der Waals surface area contributed by atoms with Crippen LogP contribution in [0.15, 0.2) is 52.3 Å². The fourth-order valence-electron chi connectivity index (χ4n) is 2.25. The third-order valence-corrected chi connectivity index (χ3v) is 4.58. The van der Waals surface area contributed by atoms with Crippen molar-refractivity contribution in [1.29, 1.82) is 0 Å². The Labute approximate surface area is 153 Å². The molecule has 0 atom stereocenters. The zero-order valence-corrected chi connectivity index (χ0v) is 15.6. The number of allylic oxidation sites excluding steroid dienone is 2. The first-order valence-electron chi connectivity index (χ1n) is 6.91. The highest BCUT2D eigenvalue weighted by Gasteiger charge is 2.28. The van der Waals surface area contributed by atoms with Gasteiger partial charge in [-0.2, -0.15) is 0 Å². The molecule has 0 saturated carbocycles. The fraction of sp³-hybridized carbons (Fsp3) is 0.176. The Kier molecular flexibility index (Phi) is 5.85. The maximum Gasteiger partial charge on any atom is 0.355 e. The molecule has 0 saturated heterocycles. The van der Waals surface area contributed by atoms with Crippen LogP contribution in [-0.2, 0) is 19.1 Å². The van der Waals surface area contributed by atoms with E-state index in [0.29, 0.717) is 10.7 Å². The van der Waals surface area contributed by atoms with E-state index in [2.05, 4.69) is 15.9 Å². The second-order valence-electron chi connectivity index (χ2n) is 4.87. The second kappa shape index (κ2) is 7.68. The van der Waals surface area contributed by atoms with Crippen LogP contribution in [0.5, 0.6) is 0 Å². The van der Waals surface area contributed by atoms with Gasteiger partial charge in [0.1, 0.15) is 5.70 Å². The van der Waals surface area contributed by atoms with E-state index >= 15 is 0 Å². The van der Waals surface area contributed by atoms with Gasteiger partial charge < -0.3 is 14.4 Å². The van der Waals surface area contributed by atoms with Gasteiger partial charge in [-0.15, -0.1) is 0 Å². The summed E-state index contributed by atoms with van der Waals surface area (Å²) in [4.78, 5) is 26.0. The van der Waals surface area contributed by atoms with E-state index in [9.17, 15) is 9.59 Å². The van der Waals surface area contributed by atoms with Gasteiger partial charge in [-0.3, -0.25) is 0 Å². The predicted octanol–water partition coefficient (Wildman–Crippen LogP) is 3.90. The molecule has 0 fully saturated rings. The van der Waals surface area contributed by atoms with Crippen LogP contribution in [0.3, 0.4) is 0 Å². The number of nitrogens with zero attached hydrogens (tertiary/aromatic N) is 1. The van der Waals surface area contributed by atoms with E-state index in [1.165, 1.54) is 20.3 Å². The average molecular weight is 413 g/mol. The molecule has 0 spiro atoms. The van der Waals surface area contributed by atoms with Crippen molar-refractivity contribution < 1.29 is 19.1 Å². The van der Waals surface area contributed by atoms with Crippen molar-refractivity contribution in [2.24, 2.45) is 0 Å². The molecule has 1 aromatic carbocycles. The van der Waals surface area contributed by atoms with Gasteiger partial charge >= 0.3 is 11.9 Å². The molecule has 5 nitrogen and oxygen atoms in total. The van der Waals surface area contributed by atoms with Crippen molar-refractivity contribution >= 4 is 45.2 Å². The highest BCUT2D eigenvalue weighted by molar-refractivity contribution is 9.10. The summed E-state index contributed by atoms with van der Waals surface area (Å²) < 4.78 is 10.4. The van der Waals surface area contributed by atoms with Crippen LogP contribution in [0, 0.1) is 6.92 Å². The summed E-state index contributed by atoms with van der Waals surface area (Å²) in [5, 5.41) is 0.477. The van der Waals surface area contributed by atoms with E-state index in [-0.39, 0.29) is 11.3 Å². The summed E-state index contributed by atoms with van der Waals surface area (Å²) in [5.41, 5.74) is 1.64. The number of hydrogen-bond donors (Lipinski definition) is 0. The Morgan fingerprint density at radius 1 is 1.12 bits per heavy atom. The Morgan fingerprint density at radius 2 is 1.79 bits per heavy atom. The average Bonchev–Trinajstić information content (AvgIpc) is 2.79. The Hall–Kier alpha value is -2.05. The molecule has 0 radical (unpaired) electrons. The van der Waals surface area contributed by atoms with Crippen molar-refractivity contribution in [1.82, 2.24) is 0 Å². The Bertz CT molecular complexity index is 783. The van der Waals surface area contributed by atoms with Crippen molar-refractivity contribution in [2.45, 2.75) is 6.92 Å². The monoisotopic (exact) mass is 411 g/mol. The number of esters is 2. The smallest absolute Gasteiger partial charge is 0.355 e. The maximum absolute atomic E-state index is 12.4. The molecule has 1 aromatic rings. The SMILES string of the molecule is COC(=O)C1=C(C(=O)OC)N(c2cc(Cl)c(Br)cc2C)C=CC=C1. The van der Waals surface area contributed by atoms with Crippen molar-refractivity contribution in [2.75, 3.05) is 19.1 Å². The molecule has 0 N–H and O–H groups in total. The van der Waals surface area contributed by atoms with Crippen LogP contribution < -0.4 is 4.90 Å². The molecule has 1 aliphatic rings. The molecule has 7 heteroatoms. The first-order chi connectivity index (χ1) is 11.4. The van der Waals surface area contributed by atoms with Crippen LogP contribution in [-0.4, -0.2) is 26.2 Å². The van der Waals surface area contributed by atoms with Gasteiger partial charge in [0.05, 0.1) is 30.5 Å². The highest BCUT2D eigenvalue weighted by Crippen LogP contribution is 2.34. The van der Waals surface area contributed by atoms with Crippen molar-refractivity contribution in [3.8, 4) is 0 Å². The van der Waals surface area contributed by atoms with E-state index in [0.717, 1.165) is 10.0 Å². The maximum atomic E-state index is 12.4. The topological polar surface area (TPSA) is 55.8 Å². The second-order valence-corrected chi connectivity index (χ2v) is 6.13. The number of rotatable bonds is 3. The molecule has 0 bridgehead atoms. The first kappa shape index (κ1) is 18.3. The van der Waals surface area contributed by atoms with E-state index < -0.39 is 11.9 Å². The fourth-order valence-corrected chi connectivity index (χ4v) is 2.86. The third kappa shape index (κ3) is 3.55. The van der Waals surface area contributed by atoms with Crippen LogP contribution in [0.2, 0.25) is 5.02 Å². The molecule has 0 amide bonds. The third-order valence-electron chi connectivity index (χ3n) is 3.39. The lowest BCUT2D eigenvalue weighted by atomic mass is 10.1. The quantitative estimate of drug-likeness (QED) is 0.705. The number of anilines is 1. The predicted molar refractivity (Wildman–Crippen MR) is 95.7 cm³/mol. The molecule has 2 rings (SSSR count). The van der Waals surface area contributed by atoms with E-state index in [1.54, 1.807) is 29.3 Å². The van der Waals surface area contributed by atoms with Gasteiger partial charge in [0.15, 0.2) is 0 Å². The number of hydrogen-bond acceptors (Lipinski definition) is 5. The van der Waals surface area contributed by atoms with Gasteiger partial charge in [0, 0.05) is 10.7 Å². The minimum atomic E-state index is -0.662. The number of aryl methyl sites for hydroxylation is 1. The van der Waals surface area contributed by atoms with Gasteiger partial charge in [0.25, 0.3) is 0 Å². The Balaban J connectivity index is 2.72. The van der Waals surface area contributed by atoms with Gasteiger partial charge in [0.2, 0.25) is 0 Å². The number of methoxy groups -OCH3 is 2. The lowest BCUT2D eigenvalue weighted by molar-refractivity contribution is -0.139. The zero-order chi connectivity index (χ0) is 17.9. The standard InChI is InChI=1S/C17H15BrClNO4/c1-10-8-12(18)13(19)9-14(10)20-7-5-4-6-11(16(21)23-2)15(20)17(22)24-3/h4-9H,1-3H3. The molecule has 0 aromatic heterocycles. The normalized spacial score (nSPS) is 13.8. The zero-order valence-electron chi connectivity index (χ0n) is 13.3. The molecule has 126 valence electrons. The number of benzene rings is 1. The van der Waals surface area contributed by atoms with Gasteiger partial charge in [-0.05, 0) is 52.7 Å². The molecule has 24 heavy (non-hydrogen) atoms. The Morgan fingerprint density at radius 3 is 2.42 bits per heavy atom. The highest BCUT2D eigenvalue weighted by atomic mass is 79.9. The summed E-state index contributed by atoms with van der Waals surface area (Å²) in [5.74, 6) is -1.30. The first-order valence-corrected chi connectivity index (χ1v) is 8.08. The van der Waals surface area contributed by atoms with Crippen LogP contribution in [0.25, 0.3) is 0 Å². The summed E-state index contributed by atoms with van der Waals surface area (Å²) in [6, 6.07) is 3.53. The minimum Gasteiger partial charge on any atom is -0.465 e. The van der Waals surface area contributed by atoms with Crippen LogP contribution in [0.4, 0.5) is 5.69 Å². The van der Waals surface area contributed by atoms with E-state index in [1.807, 2.05) is 13.0 Å². The van der Waals surface area contributed by atoms with Gasteiger partial charge in [-0.1, -0.05) is 17.7 Å². The summed E-state index contributed by atoms with van der Waals surface area (Å²) in [6.45, 7) is 1.87. The van der Waals surface area contributed by atoms with Crippen molar-refractivity contribution in [3.05, 3.63) is 62.9 Å². The number of halogens is 2. The van der Waals surface area contributed by atoms with Crippen LogP contribution >= 0.6 is 27.5 Å². The van der Waals surface area contributed by atoms with Crippen molar-refractivity contribution in [3.63, 3.8) is 0 Å². The van der Waals surface area contributed by atoms with Crippen LogP contribution in [0.1, 0.15) is 5.56 Å². The van der Waals surface area contributed by atoms with E-state index in [4.69, 9.17) is 21.1 Å². The lowest BCUT2D eigenvalue weighted by Gasteiger charge is -2.25. The molecule has 1 heterocycles. The summed E-state index contributed by atoms with van der Waals surface area (Å²) in [7, 11) is 2.50. The minimum absolute atomic E-state index is 0.0517. The molecular formula is C17H15BrClNO4. The molecule has 0 aliphatic carbocycles. The molecular weight excluding hydrogens is 398 g/mol. The number of carbonyl (C=O) groups excluding carboxylic acids is 2. The van der Waals surface area contributed by atoms with Gasteiger partial charge in [-0.25, -0.2) is 9.59 Å². The molecule has 0 unspecified atom stereocenters. The summed E-state index contributed by atoms with van der Waals surface area (Å²) >= 11 is 9.56. The summed E-state index contributed by atoms with van der Waals surface area (Å²) in [6.07, 6.45) is 6.51. The molecule has 1 aliphatic heterocycles. The number of ether oxygens (including phenoxy) is 2. The lowest BCUT2D eigenvalue weighted by Crippen LogP contribution is -2.27. The number of carbonyl (C=O) groups is 2.